The summed E-state index contributed by atoms with van der Waals surface area (Å²) in [6.07, 6.45) is 4.01. The first-order chi connectivity index (χ1) is 5.73. The zero-order chi connectivity index (χ0) is 10.7. The molecule has 1 atom stereocenters. The fourth-order valence-corrected chi connectivity index (χ4v) is 2.24. The van der Waals surface area contributed by atoms with Crippen molar-refractivity contribution in [3.63, 3.8) is 0 Å². The lowest BCUT2D eigenvalue weighted by Gasteiger charge is -2.43. The maximum atomic E-state index is 2.45. The van der Waals surface area contributed by atoms with Gasteiger partial charge in [-0.2, -0.15) is 0 Å². The van der Waals surface area contributed by atoms with E-state index in [1.165, 1.54) is 19.3 Å². The van der Waals surface area contributed by atoms with Crippen molar-refractivity contribution in [1.82, 2.24) is 0 Å². The quantitative estimate of drug-likeness (QED) is 0.584. The van der Waals surface area contributed by atoms with Gasteiger partial charge in [0.1, 0.15) is 0 Å². The molecule has 0 radical (unpaired) electrons. The van der Waals surface area contributed by atoms with E-state index in [0.717, 1.165) is 5.92 Å². The summed E-state index contributed by atoms with van der Waals surface area (Å²) in [7, 11) is 0. The lowest BCUT2D eigenvalue weighted by molar-refractivity contribution is 0.0684. The van der Waals surface area contributed by atoms with Crippen LogP contribution in [0.15, 0.2) is 0 Å². The van der Waals surface area contributed by atoms with Crippen LogP contribution in [0.1, 0.15) is 67.7 Å². The van der Waals surface area contributed by atoms with Gasteiger partial charge in [-0.05, 0) is 29.6 Å². The van der Waals surface area contributed by atoms with Crippen LogP contribution in [0.25, 0.3) is 0 Å². The van der Waals surface area contributed by atoms with E-state index in [2.05, 4.69) is 48.5 Å². The molecular weight excluding hydrogens is 156 g/mol. The highest BCUT2D eigenvalue weighted by atomic mass is 14.4. The van der Waals surface area contributed by atoms with E-state index in [1.54, 1.807) is 0 Å². The summed E-state index contributed by atoms with van der Waals surface area (Å²) in [6.45, 7) is 16.6. The van der Waals surface area contributed by atoms with Gasteiger partial charge in [0, 0.05) is 0 Å². The van der Waals surface area contributed by atoms with E-state index in [-0.39, 0.29) is 0 Å². The first-order valence-corrected chi connectivity index (χ1v) is 5.73. The Hall–Kier alpha value is 0. The number of rotatable bonds is 4. The van der Waals surface area contributed by atoms with Crippen LogP contribution in [0, 0.1) is 16.7 Å². The fraction of sp³-hybridized carbons (Fsp3) is 1.00. The molecule has 0 saturated carbocycles. The van der Waals surface area contributed by atoms with Crippen molar-refractivity contribution in [2.45, 2.75) is 67.7 Å². The third-order valence-electron chi connectivity index (χ3n) is 3.47. The highest BCUT2D eigenvalue weighted by Crippen LogP contribution is 2.46. The third kappa shape index (κ3) is 3.70. The Morgan fingerprint density at radius 3 is 1.69 bits per heavy atom. The fourth-order valence-electron chi connectivity index (χ4n) is 2.24. The van der Waals surface area contributed by atoms with Crippen LogP contribution in [0.5, 0.6) is 0 Å². The maximum Gasteiger partial charge on any atom is -0.0275 e. The molecule has 0 aliphatic rings. The van der Waals surface area contributed by atoms with Crippen LogP contribution < -0.4 is 0 Å². The van der Waals surface area contributed by atoms with Gasteiger partial charge in [-0.3, -0.25) is 0 Å². The van der Waals surface area contributed by atoms with Crippen molar-refractivity contribution in [2.24, 2.45) is 16.7 Å². The van der Waals surface area contributed by atoms with Gasteiger partial charge in [0.2, 0.25) is 0 Å². The molecule has 0 aliphatic carbocycles. The molecule has 0 aliphatic heterocycles. The second kappa shape index (κ2) is 4.48. The molecule has 0 saturated heterocycles. The standard InChI is InChI=1S/C13H28/c1-8-9-13(7,10-11(2)3)12(4,5)6/h11H,8-10H2,1-7H3/t13-/m0/s1. The molecule has 0 rings (SSSR count). The van der Waals surface area contributed by atoms with Gasteiger partial charge < -0.3 is 0 Å². The van der Waals surface area contributed by atoms with Gasteiger partial charge in [-0.15, -0.1) is 0 Å². The van der Waals surface area contributed by atoms with Gasteiger partial charge in [0.25, 0.3) is 0 Å². The van der Waals surface area contributed by atoms with Crippen LogP contribution >= 0.6 is 0 Å². The summed E-state index contributed by atoms with van der Waals surface area (Å²) in [5.74, 6) is 0.816. The molecule has 0 N–H and O–H groups in total. The Kier molecular flexibility index (Phi) is 4.48. The zero-order valence-electron chi connectivity index (χ0n) is 10.7. The van der Waals surface area contributed by atoms with Crippen molar-refractivity contribution < 1.29 is 0 Å². The Morgan fingerprint density at radius 1 is 1.00 bits per heavy atom. The summed E-state index contributed by atoms with van der Waals surface area (Å²) in [4.78, 5) is 0. The molecule has 0 heterocycles. The van der Waals surface area contributed by atoms with Crippen LogP contribution in [0.3, 0.4) is 0 Å². The lowest BCUT2D eigenvalue weighted by atomic mass is 9.62. The predicted molar refractivity (Wildman–Crippen MR) is 61.9 cm³/mol. The van der Waals surface area contributed by atoms with Crippen LogP contribution in [0.2, 0.25) is 0 Å². The molecule has 0 spiro atoms. The third-order valence-corrected chi connectivity index (χ3v) is 3.47. The van der Waals surface area contributed by atoms with Crippen molar-refractivity contribution in [2.75, 3.05) is 0 Å². The summed E-state index contributed by atoms with van der Waals surface area (Å²) >= 11 is 0. The van der Waals surface area contributed by atoms with E-state index in [9.17, 15) is 0 Å². The molecule has 0 aromatic heterocycles. The summed E-state index contributed by atoms with van der Waals surface area (Å²) in [5, 5.41) is 0. The van der Waals surface area contributed by atoms with Crippen LogP contribution in [-0.4, -0.2) is 0 Å². The van der Waals surface area contributed by atoms with E-state index >= 15 is 0 Å². The maximum absolute atomic E-state index is 2.45. The topological polar surface area (TPSA) is 0 Å². The minimum Gasteiger partial charge on any atom is -0.0654 e. The van der Waals surface area contributed by atoms with Gasteiger partial charge >= 0.3 is 0 Å². The van der Waals surface area contributed by atoms with Gasteiger partial charge in [0.05, 0.1) is 0 Å². The van der Waals surface area contributed by atoms with Crippen molar-refractivity contribution in [3.05, 3.63) is 0 Å². The Bertz CT molecular complexity index is 139. The molecule has 13 heavy (non-hydrogen) atoms. The van der Waals surface area contributed by atoms with Gasteiger partial charge in [-0.1, -0.05) is 54.9 Å². The molecule has 0 unspecified atom stereocenters. The molecule has 0 amide bonds. The molecule has 80 valence electrons. The first kappa shape index (κ1) is 13.0. The van der Waals surface area contributed by atoms with E-state index < -0.39 is 0 Å². The minimum atomic E-state index is 0.438. The predicted octanol–water partition coefficient (Wildman–Crippen LogP) is 4.89. The van der Waals surface area contributed by atoms with Crippen molar-refractivity contribution >= 4 is 0 Å². The molecule has 0 bridgehead atoms. The van der Waals surface area contributed by atoms with Gasteiger partial charge in [0.15, 0.2) is 0 Å². The highest BCUT2D eigenvalue weighted by molar-refractivity contribution is 4.86. The molecule has 0 aromatic carbocycles. The van der Waals surface area contributed by atoms with Crippen molar-refractivity contribution in [3.8, 4) is 0 Å². The van der Waals surface area contributed by atoms with Crippen molar-refractivity contribution in [1.29, 1.82) is 0 Å². The molecule has 0 fully saturated rings. The van der Waals surface area contributed by atoms with E-state index in [0.29, 0.717) is 10.8 Å². The summed E-state index contributed by atoms with van der Waals surface area (Å²) < 4.78 is 0. The monoisotopic (exact) mass is 184 g/mol. The van der Waals surface area contributed by atoms with Crippen LogP contribution in [-0.2, 0) is 0 Å². The summed E-state index contributed by atoms with van der Waals surface area (Å²) in [5.41, 5.74) is 0.948. The minimum absolute atomic E-state index is 0.438. The summed E-state index contributed by atoms with van der Waals surface area (Å²) in [6, 6.07) is 0. The second-order valence-corrected chi connectivity index (χ2v) is 6.16. The molecule has 0 nitrogen and oxygen atoms in total. The average Bonchev–Trinajstić information content (AvgIpc) is 1.82. The zero-order valence-corrected chi connectivity index (χ0v) is 10.7. The second-order valence-electron chi connectivity index (χ2n) is 6.16. The normalized spacial score (nSPS) is 17.5. The Labute approximate surface area is 85.1 Å². The van der Waals surface area contributed by atoms with E-state index in [4.69, 9.17) is 0 Å². The SMILES string of the molecule is CCC[C@@](C)(CC(C)C)C(C)(C)C. The highest BCUT2D eigenvalue weighted by Gasteiger charge is 2.36. The lowest BCUT2D eigenvalue weighted by Crippen LogP contribution is -2.34. The number of hydrogen-bond acceptors (Lipinski definition) is 0. The molecular formula is C13H28. The van der Waals surface area contributed by atoms with Gasteiger partial charge in [-0.25, -0.2) is 0 Å². The molecule has 0 aromatic rings. The smallest absolute Gasteiger partial charge is 0.0275 e. The largest absolute Gasteiger partial charge is 0.0654 e. The van der Waals surface area contributed by atoms with E-state index in [1.807, 2.05) is 0 Å². The first-order valence-electron chi connectivity index (χ1n) is 5.73. The Balaban J connectivity index is 4.53. The molecule has 0 heteroatoms. The average molecular weight is 184 g/mol. The van der Waals surface area contributed by atoms with Crippen LogP contribution in [0.4, 0.5) is 0 Å². The number of hydrogen-bond donors (Lipinski definition) is 0. The Morgan fingerprint density at radius 2 is 1.46 bits per heavy atom.